The van der Waals surface area contributed by atoms with Crippen molar-refractivity contribution in [3.8, 4) is 0 Å². The Morgan fingerprint density at radius 1 is 1.35 bits per heavy atom. The minimum atomic E-state index is -3.26. The Kier molecular flexibility index (Phi) is 5.76. The maximum absolute atomic E-state index is 11.7. The van der Waals surface area contributed by atoms with Gasteiger partial charge in [-0.3, -0.25) is 4.72 Å². The van der Waals surface area contributed by atoms with Gasteiger partial charge < -0.3 is 0 Å². The Balaban J connectivity index is 2.66. The second-order valence-corrected chi connectivity index (χ2v) is 6.86. The second-order valence-electron chi connectivity index (χ2n) is 3.78. The molecule has 0 fully saturated rings. The van der Waals surface area contributed by atoms with Gasteiger partial charge in [0.2, 0.25) is 10.0 Å². The highest BCUT2D eigenvalue weighted by atomic mass is 79.9. The molecule has 0 aliphatic carbocycles. The third kappa shape index (κ3) is 5.27. The fraction of sp³-hybridized carbons (Fsp3) is 0.455. The summed E-state index contributed by atoms with van der Waals surface area (Å²) in [7, 11) is -3.26. The Morgan fingerprint density at radius 2 is 2.06 bits per heavy atom. The third-order valence-corrected chi connectivity index (χ3v) is 4.76. The van der Waals surface area contributed by atoms with E-state index in [-0.39, 0.29) is 5.75 Å². The number of aryl methyl sites for hydroxylation is 1. The van der Waals surface area contributed by atoms with Crippen molar-refractivity contribution in [3.05, 3.63) is 28.2 Å². The number of unbranched alkanes of at least 4 members (excludes halogenated alkanes) is 1. The van der Waals surface area contributed by atoms with E-state index in [1.54, 1.807) is 12.1 Å². The van der Waals surface area contributed by atoms with Crippen LogP contribution in [0.3, 0.4) is 0 Å². The largest absolute Gasteiger partial charge is 0.284 e. The number of hydrogen-bond donors (Lipinski definition) is 1. The summed E-state index contributed by atoms with van der Waals surface area (Å²) in [6, 6.07) is 5.35. The molecule has 1 N–H and O–H groups in total. The van der Waals surface area contributed by atoms with E-state index < -0.39 is 10.0 Å². The van der Waals surface area contributed by atoms with Crippen molar-refractivity contribution in [1.29, 1.82) is 0 Å². The van der Waals surface area contributed by atoms with Gasteiger partial charge in [0.15, 0.2) is 0 Å². The van der Waals surface area contributed by atoms with Crippen molar-refractivity contribution < 1.29 is 8.42 Å². The van der Waals surface area contributed by atoms with Gasteiger partial charge in [0, 0.05) is 16.0 Å². The first-order valence-corrected chi connectivity index (χ1v) is 8.25. The predicted molar refractivity (Wildman–Crippen MR) is 76.2 cm³/mol. The van der Waals surface area contributed by atoms with Gasteiger partial charge >= 0.3 is 0 Å². The van der Waals surface area contributed by atoms with E-state index in [4.69, 9.17) is 11.6 Å². The minimum absolute atomic E-state index is 0.106. The SMILES string of the molecule is Cc1cc(NS(=O)(=O)CCCCCl)ccc1Br. The molecular formula is C11H15BrClNO2S. The zero-order valence-corrected chi connectivity index (χ0v) is 12.7. The highest BCUT2D eigenvalue weighted by Gasteiger charge is 2.10. The average Bonchev–Trinajstić information content (AvgIpc) is 2.23. The fourth-order valence-corrected chi connectivity index (χ4v) is 2.93. The van der Waals surface area contributed by atoms with Crippen LogP contribution in [0.5, 0.6) is 0 Å². The molecule has 0 radical (unpaired) electrons. The molecule has 17 heavy (non-hydrogen) atoms. The number of nitrogens with one attached hydrogen (secondary N) is 1. The molecule has 6 heteroatoms. The summed E-state index contributed by atoms with van der Waals surface area (Å²) >= 11 is 8.88. The lowest BCUT2D eigenvalue weighted by Gasteiger charge is -2.09. The Labute approximate surface area is 116 Å². The summed E-state index contributed by atoms with van der Waals surface area (Å²) in [5, 5.41) is 0. The molecule has 0 aromatic heterocycles. The summed E-state index contributed by atoms with van der Waals surface area (Å²) in [6.45, 7) is 1.91. The van der Waals surface area contributed by atoms with Gasteiger partial charge in [0.25, 0.3) is 0 Å². The van der Waals surface area contributed by atoms with Crippen LogP contribution >= 0.6 is 27.5 Å². The van der Waals surface area contributed by atoms with Crippen molar-refractivity contribution >= 4 is 43.2 Å². The number of anilines is 1. The van der Waals surface area contributed by atoms with E-state index in [2.05, 4.69) is 20.7 Å². The van der Waals surface area contributed by atoms with E-state index in [1.165, 1.54) is 0 Å². The van der Waals surface area contributed by atoms with Crippen molar-refractivity contribution in [2.45, 2.75) is 19.8 Å². The van der Waals surface area contributed by atoms with Crippen LogP contribution in [-0.2, 0) is 10.0 Å². The molecule has 1 aromatic carbocycles. The molecule has 3 nitrogen and oxygen atoms in total. The van der Waals surface area contributed by atoms with Gasteiger partial charge in [-0.2, -0.15) is 0 Å². The van der Waals surface area contributed by atoms with Crippen molar-refractivity contribution in [3.63, 3.8) is 0 Å². The summed E-state index contributed by atoms with van der Waals surface area (Å²) in [4.78, 5) is 0. The minimum Gasteiger partial charge on any atom is -0.284 e. The topological polar surface area (TPSA) is 46.2 Å². The predicted octanol–water partition coefficient (Wildman–Crippen LogP) is 3.52. The smallest absolute Gasteiger partial charge is 0.232 e. The van der Waals surface area contributed by atoms with Gasteiger partial charge in [0.1, 0.15) is 0 Å². The van der Waals surface area contributed by atoms with Gasteiger partial charge in [-0.25, -0.2) is 8.42 Å². The van der Waals surface area contributed by atoms with Gasteiger partial charge in [-0.05, 0) is 43.5 Å². The third-order valence-electron chi connectivity index (χ3n) is 2.23. The van der Waals surface area contributed by atoms with E-state index in [1.807, 2.05) is 13.0 Å². The first-order chi connectivity index (χ1) is 7.94. The Bertz CT molecular complexity index is 476. The van der Waals surface area contributed by atoms with Crippen LogP contribution in [0.25, 0.3) is 0 Å². The first-order valence-electron chi connectivity index (χ1n) is 5.27. The lowest BCUT2D eigenvalue weighted by molar-refractivity contribution is 0.598. The summed E-state index contributed by atoms with van der Waals surface area (Å²) in [5.74, 6) is 0.599. The molecular weight excluding hydrogens is 326 g/mol. The number of hydrogen-bond acceptors (Lipinski definition) is 2. The number of alkyl halides is 1. The van der Waals surface area contributed by atoms with Crippen LogP contribution in [0.15, 0.2) is 22.7 Å². The standard InChI is InChI=1S/C11H15BrClNO2S/c1-9-8-10(4-5-11(9)12)14-17(15,16)7-3-2-6-13/h4-5,8,14H,2-3,6-7H2,1H3. The fourth-order valence-electron chi connectivity index (χ4n) is 1.33. The van der Waals surface area contributed by atoms with Crippen LogP contribution in [0, 0.1) is 6.92 Å². The maximum atomic E-state index is 11.7. The number of rotatable bonds is 6. The molecule has 0 unspecified atom stereocenters. The first kappa shape index (κ1) is 14.8. The lowest BCUT2D eigenvalue weighted by Crippen LogP contribution is -2.16. The Hall–Kier alpha value is -0.260. The van der Waals surface area contributed by atoms with Crippen LogP contribution in [-0.4, -0.2) is 20.1 Å². The van der Waals surface area contributed by atoms with Crippen LogP contribution < -0.4 is 4.72 Å². The molecule has 0 aliphatic rings. The van der Waals surface area contributed by atoms with Crippen LogP contribution in [0.2, 0.25) is 0 Å². The second kappa shape index (κ2) is 6.61. The molecule has 1 aromatic rings. The summed E-state index contributed by atoms with van der Waals surface area (Å²) < 4.78 is 26.9. The van der Waals surface area contributed by atoms with Gasteiger partial charge in [-0.15, -0.1) is 11.6 Å². The molecule has 0 spiro atoms. The van der Waals surface area contributed by atoms with E-state index >= 15 is 0 Å². The van der Waals surface area contributed by atoms with Crippen molar-refractivity contribution in [1.82, 2.24) is 0 Å². The summed E-state index contributed by atoms with van der Waals surface area (Å²) in [5.41, 5.74) is 1.59. The van der Waals surface area contributed by atoms with Crippen LogP contribution in [0.4, 0.5) is 5.69 Å². The number of halogens is 2. The molecule has 0 amide bonds. The van der Waals surface area contributed by atoms with E-state index in [0.717, 1.165) is 10.0 Å². The highest BCUT2D eigenvalue weighted by molar-refractivity contribution is 9.10. The quantitative estimate of drug-likeness (QED) is 0.636. The van der Waals surface area contributed by atoms with Gasteiger partial charge in [0.05, 0.1) is 5.75 Å². The number of sulfonamides is 1. The maximum Gasteiger partial charge on any atom is 0.232 e. The summed E-state index contributed by atoms with van der Waals surface area (Å²) in [6.07, 6.45) is 1.29. The van der Waals surface area contributed by atoms with Crippen molar-refractivity contribution in [2.24, 2.45) is 0 Å². The highest BCUT2D eigenvalue weighted by Crippen LogP contribution is 2.20. The van der Waals surface area contributed by atoms with Crippen LogP contribution in [0.1, 0.15) is 18.4 Å². The molecule has 0 bridgehead atoms. The molecule has 0 atom stereocenters. The molecule has 96 valence electrons. The van der Waals surface area contributed by atoms with E-state index in [0.29, 0.717) is 24.4 Å². The van der Waals surface area contributed by atoms with Gasteiger partial charge in [-0.1, -0.05) is 15.9 Å². The lowest BCUT2D eigenvalue weighted by atomic mass is 10.2. The zero-order valence-electron chi connectivity index (χ0n) is 9.54. The zero-order chi connectivity index (χ0) is 12.9. The monoisotopic (exact) mass is 339 g/mol. The van der Waals surface area contributed by atoms with Crippen molar-refractivity contribution in [2.75, 3.05) is 16.4 Å². The molecule has 0 heterocycles. The molecule has 0 aliphatic heterocycles. The number of benzene rings is 1. The molecule has 0 saturated heterocycles. The molecule has 1 rings (SSSR count). The normalized spacial score (nSPS) is 11.5. The molecule has 0 saturated carbocycles. The Morgan fingerprint density at radius 3 is 2.65 bits per heavy atom. The average molecular weight is 341 g/mol. The van der Waals surface area contributed by atoms with E-state index in [9.17, 15) is 8.42 Å².